The lowest BCUT2D eigenvalue weighted by atomic mass is 10.0. The normalized spacial score (nSPS) is 17.3. The van der Waals surface area contributed by atoms with Crippen molar-refractivity contribution in [1.29, 1.82) is 0 Å². The lowest BCUT2D eigenvalue weighted by Gasteiger charge is -2.33. The van der Waals surface area contributed by atoms with Crippen molar-refractivity contribution in [3.05, 3.63) is 34.2 Å². The molecule has 0 bridgehead atoms. The van der Waals surface area contributed by atoms with Gasteiger partial charge in [-0.25, -0.2) is 0 Å². The van der Waals surface area contributed by atoms with Gasteiger partial charge >= 0.3 is 0 Å². The summed E-state index contributed by atoms with van der Waals surface area (Å²) in [5, 5.41) is 3.24. The molecular weight excluding hydrogens is 254 g/mol. The molecule has 1 aliphatic rings. The van der Waals surface area contributed by atoms with Crippen LogP contribution in [0, 0.1) is 12.8 Å². The lowest BCUT2D eigenvalue weighted by Crippen LogP contribution is -2.50. The maximum atomic E-state index is 12.7. The van der Waals surface area contributed by atoms with Gasteiger partial charge in [0.05, 0.1) is 0 Å². The number of amides is 1. The first-order valence-electron chi connectivity index (χ1n) is 7.19. The summed E-state index contributed by atoms with van der Waals surface area (Å²) >= 11 is 0. The number of aromatic nitrogens is 1. The van der Waals surface area contributed by atoms with E-state index in [1.54, 1.807) is 23.8 Å². The van der Waals surface area contributed by atoms with Crippen LogP contribution in [0.5, 0.6) is 0 Å². The Hall–Kier alpha value is -1.62. The molecule has 0 aliphatic carbocycles. The lowest BCUT2D eigenvalue weighted by molar-refractivity contribution is -0.136. The number of nitrogens with one attached hydrogen (secondary N) is 1. The molecule has 1 atom stereocenters. The van der Waals surface area contributed by atoms with E-state index in [4.69, 9.17) is 0 Å². The Balaban J connectivity index is 2.33. The van der Waals surface area contributed by atoms with Crippen LogP contribution in [0.25, 0.3) is 0 Å². The highest BCUT2D eigenvalue weighted by Crippen LogP contribution is 2.19. The molecule has 5 nitrogen and oxygen atoms in total. The molecule has 20 heavy (non-hydrogen) atoms. The van der Waals surface area contributed by atoms with Crippen LogP contribution in [0.4, 0.5) is 0 Å². The molecule has 1 aliphatic heterocycles. The molecule has 0 aromatic carbocycles. The predicted octanol–water partition coefficient (Wildman–Crippen LogP) is 0.786. The van der Waals surface area contributed by atoms with Gasteiger partial charge in [0.15, 0.2) is 0 Å². The molecule has 1 aromatic heterocycles. The van der Waals surface area contributed by atoms with Crippen molar-refractivity contribution in [3.63, 3.8) is 0 Å². The van der Waals surface area contributed by atoms with E-state index in [1.807, 2.05) is 24.8 Å². The van der Waals surface area contributed by atoms with E-state index >= 15 is 0 Å². The van der Waals surface area contributed by atoms with Crippen molar-refractivity contribution in [2.45, 2.75) is 26.8 Å². The number of carbonyl (C=O) groups excluding carboxylic acids is 1. The summed E-state index contributed by atoms with van der Waals surface area (Å²) in [7, 11) is 0. The summed E-state index contributed by atoms with van der Waals surface area (Å²) in [6, 6.07) is 3.20. The van der Waals surface area contributed by atoms with Crippen LogP contribution in [0.15, 0.2) is 23.1 Å². The molecule has 0 radical (unpaired) electrons. The third-order valence-corrected chi connectivity index (χ3v) is 3.78. The maximum absolute atomic E-state index is 12.7. The first kappa shape index (κ1) is 14.8. The number of pyridine rings is 1. The second-order valence-corrected chi connectivity index (χ2v) is 5.67. The summed E-state index contributed by atoms with van der Waals surface area (Å²) in [4.78, 5) is 26.9. The molecule has 2 heterocycles. The van der Waals surface area contributed by atoms with Crippen LogP contribution in [0.3, 0.4) is 0 Å². The fourth-order valence-electron chi connectivity index (χ4n) is 2.64. The van der Waals surface area contributed by atoms with E-state index in [0.29, 0.717) is 18.7 Å². The van der Waals surface area contributed by atoms with E-state index in [1.165, 1.54) is 0 Å². The van der Waals surface area contributed by atoms with E-state index in [0.717, 1.165) is 13.1 Å². The minimum Gasteiger partial charge on any atom is -0.338 e. The van der Waals surface area contributed by atoms with Crippen LogP contribution < -0.4 is 10.9 Å². The van der Waals surface area contributed by atoms with Gasteiger partial charge in [-0.3, -0.25) is 9.59 Å². The SMILES string of the molecule is Cc1cccn(C(C(=O)N2CCNCC2)C(C)C)c1=O. The second kappa shape index (κ2) is 6.22. The van der Waals surface area contributed by atoms with Gasteiger partial charge in [-0.2, -0.15) is 0 Å². The average molecular weight is 277 g/mol. The quantitative estimate of drug-likeness (QED) is 0.888. The Kier molecular flexibility index (Phi) is 4.60. The summed E-state index contributed by atoms with van der Waals surface area (Å²) < 4.78 is 1.59. The van der Waals surface area contributed by atoms with Gasteiger partial charge in [0.25, 0.3) is 5.56 Å². The number of hydrogen-bond donors (Lipinski definition) is 1. The van der Waals surface area contributed by atoms with Gasteiger partial charge in [-0.05, 0) is 18.9 Å². The number of aryl methyl sites for hydroxylation is 1. The summed E-state index contributed by atoms with van der Waals surface area (Å²) in [6.45, 7) is 8.81. The van der Waals surface area contributed by atoms with Crippen molar-refractivity contribution >= 4 is 5.91 Å². The van der Waals surface area contributed by atoms with Crippen molar-refractivity contribution in [3.8, 4) is 0 Å². The monoisotopic (exact) mass is 277 g/mol. The first-order valence-corrected chi connectivity index (χ1v) is 7.19. The van der Waals surface area contributed by atoms with Crippen LogP contribution in [-0.4, -0.2) is 41.6 Å². The fraction of sp³-hybridized carbons (Fsp3) is 0.600. The number of hydrogen-bond acceptors (Lipinski definition) is 3. The molecule has 0 spiro atoms. The first-order chi connectivity index (χ1) is 9.52. The smallest absolute Gasteiger partial charge is 0.254 e. The highest BCUT2D eigenvalue weighted by molar-refractivity contribution is 5.80. The highest BCUT2D eigenvalue weighted by atomic mass is 16.2. The van der Waals surface area contributed by atoms with Gasteiger partial charge in [-0.1, -0.05) is 19.9 Å². The molecule has 1 N–H and O–H groups in total. The largest absolute Gasteiger partial charge is 0.338 e. The number of carbonyl (C=O) groups is 1. The minimum atomic E-state index is -0.416. The average Bonchev–Trinajstić information content (AvgIpc) is 2.44. The topological polar surface area (TPSA) is 54.3 Å². The number of nitrogens with zero attached hydrogens (tertiary/aromatic N) is 2. The Bertz CT molecular complexity index is 530. The Labute approximate surface area is 119 Å². The number of piperazine rings is 1. The van der Waals surface area contributed by atoms with Crippen molar-refractivity contribution in [1.82, 2.24) is 14.8 Å². The Morgan fingerprint density at radius 1 is 1.30 bits per heavy atom. The van der Waals surface area contributed by atoms with Gasteiger partial charge in [0.1, 0.15) is 6.04 Å². The molecule has 1 fully saturated rings. The molecule has 110 valence electrons. The van der Waals surface area contributed by atoms with Crippen LogP contribution >= 0.6 is 0 Å². The third kappa shape index (κ3) is 2.93. The molecule has 1 aromatic rings. The van der Waals surface area contributed by atoms with E-state index in [2.05, 4.69) is 5.32 Å². The van der Waals surface area contributed by atoms with Crippen molar-refractivity contribution < 1.29 is 4.79 Å². The molecule has 1 unspecified atom stereocenters. The zero-order valence-corrected chi connectivity index (χ0v) is 12.4. The predicted molar refractivity (Wildman–Crippen MR) is 78.8 cm³/mol. The molecule has 1 amide bonds. The van der Waals surface area contributed by atoms with Crippen molar-refractivity contribution in [2.75, 3.05) is 26.2 Å². The Morgan fingerprint density at radius 2 is 1.95 bits per heavy atom. The second-order valence-electron chi connectivity index (χ2n) is 5.67. The molecule has 5 heteroatoms. The van der Waals surface area contributed by atoms with Gasteiger partial charge < -0.3 is 14.8 Å². The maximum Gasteiger partial charge on any atom is 0.254 e. The van der Waals surface area contributed by atoms with Crippen LogP contribution in [-0.2, 0) is 4.79 Å². The van der Waals surface area contributed by atoms with Gasteiger partial charge in [0, 0.05) is 37.9 Å². The third-order valence-electron chi connectivity index (χ3n) is 3.78. The summed E-state index contributed by atoms with van der Waals surface area (Å²) in [5.41, 5.74) is 0.598. The summed E-state index contributed by atoms with van der Waals surface area (Å²) in [6.07, 6.45) is 1.72. The van der Waals surface area contributed by atoms with Crippen LogP contribution in [0.2, 0.25) is 0 Å². The zero-order chi connectivity index (χ0) is 14.7. The molecule has 1 saturated heterocycles. The van der Waals surface area contributed by atoms with Crippen molar-refractivity contribution in [2.24, 2.45) is 5.92 Å². The number of rotatable bonds is 3. The molecule has 2 rings (SSSR count). The van der Waals surface area contributed by atoms with Gasteiger partial charge in [-0.15, -0.1) is 0 Å². The molecule has 0 saturated carbocycles. The minimum absolute atomic E-state index is 0.0502. The zero-order valence-electron chi connectivity index (χ0n) is 12.4. The van der Waals surface area contributed by atoms with E-state index in [9.17, 15) is 9.59 Å². The highest BCUT2D eigenvalue weighted by Gasteiger charge is 2.30. The standard InChI is InChI=1S/C15H23N3O2/c1-11(2)13(15(20)17-9-6-16-7-10-17)18-8-4-5-12(3)14(18)19/h4-5,8,11,13,16H,6-7,9-10H2,1-3H3. The fourth-order valence-corrected chi connectivity index (χ4v) is 2.64. The van der Waals surface area contributed by atoms with E-state index < -0.39 is 6.04 Å². The molecular formula is C15H23N3O2. The Morgan fingerprint density at radius 3 is 2.55 bits per heavy atom. The van der Waals surface area contributed by atoms with Crippen LogP contribution in [0.1, 0.15) is 25.5 Å². The van der Waals surface area contributed by atoms with E-state index in [-0.39, 0.29) is 17.4 Å². The summed E-state index contributed by atoms with van der Waals surface area (Å²) in [5.74, 6) is 0.131. The van der Waals surface area contributed by atoms with Gasteiger partial charge in [0.2, 0.25) is 5.91 Å².